The van der Waals surface area contributed by atoms with Crippen molar-refractivity contribution in [3.05, 3.63) is 119 Å². The van der Waals surface area contributed by atoms with Gasteiger partial charge in [-0.2, -0.15) is 0 Å². The number of aryl methyl sites for hydroxylation is 2. The zero-order valence-corrected chi connectivity index (χ0v) is 24.7. The summed E-state index contributed by atoms with van der Waals surface area (Å²) in [6.07, 6.45) is 19.7. The second-order valence-electron chi connectivity index (χ2n) is 11.7. The molecule has 0 aliphatic rings. The highest BCUT2D eigenvalue weighted by molar-refractivity contribution is 5.74. The van der Waals surface area contributed by atoms with Gasteiger partial charge in [-0.3, -0.25) is 9.97 Å². The van der Waals surface area contributed by atoms with E-state index in [1.807, 2.05) is 24.5 Å². The normalized spacial score (nSPS) is 11.8. The Morgan fingerprint density at radius 2 is 0.875 bits per heavy atom. The van der Waals surface area contributed by atoms with E-state index in [-0.39, 0.29) is 0 Å². The summed E-state index contributed by atoms with van der Waals surface area (Å²) in [4.78, 5) is 9.20. The first-order chi connectivity index (χ1) is 19.4. The third-order valence-corrected chi connectivity index (χ3v) is 7.22. The van der Waals surface area contributed by atoms with Crippen molar-refractivity contribution < 1.29 is 0 Å². The molecule has 2 nitrogen and oxygen atoms in total. The maximum Gasteiger partial charge on any atom is 0.0892 e. The number of pyridine rings is 2. The van der Waals surface area contributed by atoms with Gasteiger partial charge in [-0.05, 0) is 95.2 Å². The predicted octanol–water partition coefficient (Wildman–Crippen LogP) is 10.4. The van der Waals surface area contributed by atoms with E-state index in [0.717, 1.165) is 47.2 Å². The van der Waals surface area contributed by atoms with Crippen molar-refractivity contribution in [2.75, 3.05) is 0 Å². The average molecular weight is 529 g/mol. The van der Waals surface area contributed by atoms with Crippen LogP contribution in [-0.4, -0.2) is 9.97 Å². The van der Waals surface area contributed by atoms with Crippen LogP contribution in [0.4, 0.5) is 0 Å². The Morgan fingerprint density at radius 1 is 0.500 bits per heavy atom. The van der Waals surface area contributed by atoms with Gasteiger partial charge in [0.15, 0.2) is 0 Å². The Morgan fingerprint density at radius 3 is 1.25 bits per heavy atom. The largest absolute Gasteiger partial charge is 0.255 e. The standard InChI is InChI=1S/C38H44N2/c1-29(2)7-5-9-31-11-15-33(16-12-31)19-21-35-23-25-39-37(27-35)38-28-36(24-26-40-38)22-20-34-17-13-32(14-18-34)10-6-8-30(3)4/h11-30H,5-10H2,1-4H3. The van der Waals surface area contributed by atoms with Crippen LogP contribution in [0.15, 0.2) is 85.2 Å². The van der Waals surface area contributed by atoms with Gasteiger partial charge >= 0.3 is 0 Å². The lowest BCUT2D eigenvalue weighted by molar-refractivity contribution is 0.555. The maximum absolute atomic E-state index is 4.60. The summed E-state index contributed by atoms with van der Waals surface area (Å²) in [5.74, 6) is 1.54. The molecule has 2 aromatic carbocycles. The molecule has 0 aliphatic heterocycles. The molecule has 0 aliphatic carbocycles. The van der Waals surface area contributed by atoms with Crippen molar-refractivity contribution in [3.8, 4) is 11.4 Å². The average Bonchev–Trinajstić information content (AvgIpc) is 2.96. The molecule has 0 fully saturated rings. The monoisotopic (exact) mass is 528 g/mol. The summed E-state index contributed by atoms with van der Waals surface area (Å²) in [6, 6.07) is 26.1. The van der Waals surface area contributed by atoms with Crippen molar-refractivity contribution in [2.45, 2.75) is 66.2 Å². The zero-order chi connectivity index (χ0) is 28.2. The van der Waals surface area contributed by atoms with Gasteiger partial charge in [0.2, 0.25) is 0 Å². The van der Waals surface area contributed by atoms with Gasteiger partial charge < -0.3 is 0 Å². The van der Waals surface area contributed by atoms with Gasteiger partial charge in [0.1, 0.15) is 0 Å². The lowest BCUT2D eigenvalue weighted by Crippen LogP contribution is -1.91. The third-order valence-electron chi connectivity index (χ3n) is 7.22. The highest BCUT2D eigenvalue weighted by Crippen LogP contribution is 2.20. The van der Waals surface area contributed by atoms with Crippen LogP contribution in [0.25, 0.3) is 35.7 Å². The summed E-state index contributed by atoms with van der Waals surface area (Å²) in [5.41, 5.74) is 9.23. The van der Waals surface area contributed by atoms with Gasteiger partial charge in [-0.25, -0.2) is 0 Å². The van der Waals surface area contributed by atoms with Crippen LogP contribution < -0.4 is 0 Å². The summed E-state index contributed by atoms with van der Waals surface area (Å²) in [7, 11) is 0. The van der Waals surface area contributed by atoms with Crippen LogP contribution in [0, 0.1) is 11.8 Å². The first-order valence-electron chi connectivity index (χ1n) is 14.9. The van der Waals surface area contributed by atoms with Crippen LogP contribution in [0.1, 0.15) is 86.8 Å². The molecule has 0 radical (unpaired) electrons. The second kappa shape index (κ2) is 15.1. The second-order valence-corrected chi connectivity index (χ2v) is 11.7. The highest BCUT2D eigenvalue weighted by Gasteiger charge is 2.03. The fourth-order valence-electron chi connectivity index (χ4n) is 4.79. The number of rotatable bonds is 13. The minimum absolute atomic E-state index is 0.772. The molecule has 0 N–H and O–H groups in total. The molecule has 0 saturated carbocycles. The van der Waals surface area contributed by atoms with E-state index in [2.05, 4.69) is 123 Å². The van der Waals surface area contributed by atoms with E-state index in [1.165, 1.54) is 47.9 Å². The molecular formula is C38H44N2. The first kappa shape index (κ1) is 29.2. The van der Waals surface area contributed by atoms with E-state index in [0.29, 0.717) is 0 Å². The van der Waals surface area contributed by atoms with Gasteiger partial charge in [0.25, 0.3) is 0 Å². The molecule has 0 spiro atoms. The first-order valence-corrected chi connectivity index (χ1v) is 14.9. The molecule has 2 heteroatoms. The van der Waals surface area contributed by atoms with Crippen LogP contribution in [0.2, 0.25) is 0 Å². The molecule has 2 aromatic heterocycles. The molecule has 0 atom stereocenters. The van der Waals surface area contributed by atoms with E-state index in [9.17, 15) is 0 Å². The summed E-state index contributed by atoms with van der Waals surface area (Å²) in [6.45, 7) is 9.16. The van der Waals surface area contributed by atoms with Crippen molar-refractivity contribution in [1.29, 1.82) is 0 Å². The Bertz CT molecular complexity index is 1270. The minimum atomic E-state index is 0.772. The molecule has 2 heterocycles. The van der Waals surface area contributed by atoms with Gasteiger partial charge in [0.05, 0.1) is 11.4 Å². The van der Waals surface area contributed by atoms with Crippen LogP contribution >= 0.6 is 0 Å². The third kappa shape index (κ3) is 9.75. The smallest absolute Gasteiger partial charge is 0.0892 e. The molecule has 40 heavy (non-hydrogen) atoms. The summed E-state index contributed by atoms with van der Waals surface area (Å²) in [5, 5.41) is 0. The van der Waals surface area contributed by atoms with Gasteiger partial charge in [-0.15, -0.1) is 0 Å². The van der Waals surface area contributed by atoms with Crippen LogP contribution in [0.5, 0.6) is 0 Å². The number of benzene rings is 2. The maximum atomic E-state index is 4.60. The molecule has 206 valence electrons. The number of aromatic nitrogens is 2. The Labute approximate surface area is 242 Å². The fraction of sp³-hybridized carbons (Fsp3) is 0.316. The summed E-state index contributed by atoms with van der Waals surface area (Å²) < 4.78 is 0. The van der Waals surface area contributed by atoms with E-state index >= 15 is 0 Å². The number of hydrogen-bond acceptors (Lipinski definition) is 2. The van der Waals surface area contributed by atoms with E-state index in [4.69, 9.17) is 0 Å². The van der Waals surface area contributed by atoms with E-state index < -0.39 is 0 Å². The van der Waals surface area contributed by atoms with Crippen LogP contribution in [-0.2, 0) is 12.8 Å². The Hall–Kier alpha value is -3.78. The minimum Gasteiger partial charge on any atom is -0.255 e. The molecule has 4 aromatic rings. The highest BCUT2D eigenvalue weighted by atomic mass is 14.8. The Balaban J connectivity index is 1.37. The Kier molecular flexibility index (Phi) is 11.0. The molecule has 0 amide bonds. The quantitative estimate of drug-likeness (QED) is 0.172. The molecule has 0 bridgehead atoms. The lowest BCUT2D eigenvalue weighted by Gasteiger charge is -2.05. The van der Waals surface area contributed by atoms with Crippen molar-refractivity contribution in [3.63, 3.8) is 0 Å². The molecule has 0 unspecified atom stereocenters. The molecule has 0 saturated heterocycles. The van der Waals surface area contributed by atoms with Gasteiger partial charge in [-0.1, -0.05) is 113 Å². The van der Waals surface area contributed by atoms with Crippen LogP contribution in [0.3, 0.4) is 0 Å². The molecule has 4 rings (SSSR count). The molecular weight excluding hydrogens is 484 g/mol. The van der Waals surface area contributed by atoms with Crippen molar-refractivity contribution in [1.82, 2.24) is 9.97 Å². The summed E-state index contributed by atoms with van der Waals surface area (Å²) >= 11 is 0. The zero-order valence-electron chi connectivity index (χ0n) is 24.7. The fourth-order valence-corrected chi connectivity index (χ4v) is 4.79. The SMILES string of the molecule is CC(C)CCCc1ccc(C=Cc2ccnc(-c3cc(C=Cc4ccc(CCCC(C)C)cc4)ccn3)c2)cc1. The van der Waals surface area contributed by atoms with Crippen molar-refractivity contribution >= 4 is 24.3 Å². The van der Waals surface area contributed by atoms with Crippen molar-refractivity contribution in [2.24, 2.45) is 11.8 Å². The van der Waals surface area contributed by atoms with E-state index in [1.54, 1.807) is 0 Å². The lowest BCUT2D eigenvalue weighted by atomic mass is 10.0. The number of hydrogen-bond donors (Lipinski definition) is 0. The van der Waals surface area contributed by atoms with Gasteiger partial charge in [0, 0.05) is 12.4 Å². The topological polar surface area (TPSA) is 25.8 Å². The number of nitrogens with zero attached hydrogens (tertiary/aromatic N) is 2. The predicted molar refractivity (Wildman–Crippen MR) is 174 cm³/mol.